The molecule has 20 heavy (non-hydrogen) atoms. The average molecular weight is 307 g/mol. The van der Waals surface area contributed by atoms with Crippen molar-refractivity contribution in [2.24, 2.45) is 0 Å². The first-order valence-electron chi connectivity index (χ1n) is 6.00. The number of nitro groups is 1. The number of nitro benzene ring substituents is 1. The van der Waals surface area contributed by atoms with Gasteiger partial charge in [0.15, 0.2) is 0 Å². The van der Waals surface area contributed by atoms with E-state index < -0.39 is 4.92 Å². The molecule has 1 aliphatic heterocycles. The fourth-order valence-electron chi connectivity index (χ4n) is 2.33. The number of nitrogens with zero attached hydrogens (tertiary/aromatic N) is 1. The second kappa shape index (κ2) is 4.68. The van der Waals surface area contributed by atoms with Crippen LogP contribution in [-0.4, -0.2) is 4.92 Å². The molecular weight excluding hydrogens is 296 g/mol. The van der Waals surface area contributed by atoms with Crippen LogP contribution in [-0.2, 0) is 0 Å². The first-order chi connectivity index (χ1) is 9.45. The Kier molecular flexibility index (Phi) is 3.11. The van der Waals surface area contributed by atoms with Gasteiger partial charge < -0.3 is 5.32 Å². The van der Waals surface area contributed by atoms with E-state index in [4.69, 9.17) is 11.6 Å². The molecule has 0 bridgehead atoms. The van der Waals surface area contributed by atoms with Crippen LogP contribution >= 0.6 is 23.4 Å². The van der Waals surface area contributed by atoms with Crippen LogP contribution in [0.15, 0.2) is 34.1 Å². The summed E-state index contributed by atoms with van der Waals surface area (Å²) in [4.78, 5) is 12.6. The Labute approximate surface area is 125 Å². The van der Waals surface area contributed by atoms with E-state index in [1.807, 2.05) is 13.8 Å². The minimum Gasteiger partial charge on any atom is -0.348 e. The van der Waals surface area contributed by atoms with E-state index in [-0.39, 0.29) is 5.69 Å². The summed E-state index contributed by atoms with van der Waals surface area (Å²) in [7, 11) is 0. The number of nitrogens with one attached hydrogen (secondary N) is 1. The van der Waals surface area contributed by atoms with Crippen molar-refractivity contribution in [3.05, 3.63) is 50.5 Å². The van der Waals surface area contributed by atoms with Gasteiger partial charge in [-0.2, -0.15) is 0 Å². The average Bonchev–Trinajstić information content (AvgIpc) is 2.35. The molecular formula is C14H11ClN2O2S. The van der Waals surface area contributed by atoms with Gasteiger partial charge >= 0.3 is 0 Å². The van der Waals surface area contributed by atoms with Crippen LogP contribution in [0.25, 0.3) is 0 Å². The van der Waals surface area contributed by atoms with E-state index in [0.717, 1.165) is 26.6 Å². The molecule has 2 aromatic carbocycles. The number of benzene rings is 2. The first-order valence-corrected chi connectivity index (χ1v) is 7.19. The zero-order valence-electron chi connectivity index (χ0n) is 10.9. The summed E-state index contributed by atoms with van der Waals surface area (Å²) in [6, 6.07) is 7.25. The molecule has 1 N–H and O–H groups in total. The summed E-state index contributed by atoms with van der Waals surface area (Å²) in [5, 5.41) is 14.7. The van der Waals surface area contributed by atoms with Gasteiger partial charge in [-0.15, -0.1) is 0 Å². The smallest absolute Gasteiger partial charge is 0.295 e. The number of aryl methyl sites for hydroxylation is 2. The molecule has 4 nitrogen and oxygen atoms in total. The Morgan fingerprint density at radius 2 is 1.85 bits per heavy atom. The predicted octanol–water partition coefficient (Wildman–Crippen LogP) is 5.07. The van der Waals surface area contributed by atoms with Gasteiger partial charge in [0.05, 0.1) is 10.6 Å². The van der Waals surface area contributed by atoms with Crippen molar-refractivity contribution in [1.29, 1.82) is 0 Å². The molecule has 1 heterocycles. The summed E-state index contributed by atoms with van der Waals surface area (Å²) in [6.07, 6.45) is 0. The molecule has 6 heteroatoms. The third-order valence-electron chi connectivity index (χ3n) is 3.16. The second-order valence-corrected chi connectivity index (χ2v) is 6.26. The standard InChI is InChI=1S/C14H11ClN2O2S/c1-7-3-8(2)13-11(4-7)20-12-6-9(15)5-10(17(18)19)14(12)16-13/h3-6,16H,1-2H3. The minimum absolute atomic E-state index is 0.00521. The lowest BCUT2D eigenvalue weighted by atomic mass is 10.1. The third kappa shape index (κ3) is 2.13. The molecule has 0 unspecified atom stereocenters. The van der Waals surface area contributed by atoms with Crippen molar-refractivity contribution in [1.82, 2.24) is 0 Å². The summed E-state index contributed by atoms with van der Waals surface area (Å²) >= 11 is 7.48. The second-order valence-electron chi connectivity index (χ2n) is 4.74. The molecule has 1 aliphatic rings. The van der Waals surface area contributed by atoms with Gasteiger partial charge in [0.1, 0.15) is 5.69 Å². The molecule has 3 rings (SSSR count). The minimum atomic E-state index is -0.410. The molecule has 0 saturated heterocycles. The highest BCUT2D eigenvalue weighted by Gasteiger charge is 2.26. The first kappa shape index (κ1) is 13.3. The zero-order valence-corrected chi connectivity index (χ0v) is 12.4. The Hall–Kier alpha value is -1.72. The summed E-state index contributed by atoms with van der Waals surface area (Å²) in [5.74, 6) is 0. The van der Waals surface area contributed by atoms with Gasteiger partial charge in [0.25, 0.3) is 5.69 Å². The van der Waals surface area contributed by atoms with Crippen LogP contribution in [0.3, 0.4) is 0 Å². The van der Waals surface area contributed by atoms with E-state index in [1.54, 1.807) is 6.07 Å². The number of halogens is 1. The lowest BCUT2D eigenvalue weighted by molar-refractivity contribution is -0.384. The molecule has 0 radical (unpaired) electrons. The molecule has 0 atom stereocenters. The fourth-order valence-corrected chi connectivity index (χ4v) is 3.85. The number of fused-ring (bicyclic) bond motifs is 2. The summed E-state index contributed by atoms with van der Waals surface area (Å²) in [6.45, 7) is 4.02. The van der Waals surface area contributed by atoms with Crippen LogP contribution in [0.5, 0.6) is 0 Å². The Balaban J connectivity index is 2.20. The van der Waals surface area contributed by atoms with Crippen molar-refractivity contribution in [3.8, 4) is 0 Å². The van der Waals surface area contributed by atoms with E-state index in [0.29, 0.717) is 10.7 Å². The highest BCUT2D eigenvalue weighted by Crippen LogP contribution is 2.50. The summed E-state index contributed by atoms with van der Waals surface area (Å²) in [5.41, 5.74) is 3.69. The van der Waals surface area contributed by atoms with Crippen LogP contribution < -0.4 is 5.32 Å². The fraction of sp³-hybridized carbons (Fsp3) is 0.143. The van der Waals surface area contributed by atoms with Crippen LogP contribution in [0.2, 0.25) is 5.02 Å². The Morgan fingerprint density at radius 3 is 2.55 bits per heavy atom. The lowest BCUT2D eigenvalue weighted by Gasteiger charge is -2.23. The van der Waals surface area contributed by atoms with Crippen molar-refractivity contribution in [2.45, 2.75) is 23.6 Å². The lowest BCUT2D eigenvalue weighted by Crippen LogP contribution is -2.05. The van der Waals surface area contributed by atoms with Crippen molar-refractivity contribution >= 4 is 40.4 Å². The van der Waals surface area contributed by atoms with Crippen LogP contribution in [0, 0.1) is 24.0 Å². The maximum Gasteiger partial charge on any atom is 0.295 e. The molecule has 0 aliphatic carbocycles. The molecule has 0 fully saturated rings. The maximum absolute atomic E-state index is 11.2. The van der Waals surface area contributed by atoms with Gasteiger partial charge in [0, 0.05) is 20.9 Å². The monoisotopic (exact) mass is 306 g/mol. The number of rotatable bonds is 1. The largest absolute Gasteiger partial charge is 0.348 e. The normalized spacial score (nSPS) is 12.3. The number of hydrogen-bond donors (Lipinski definition) is 1. The van der Waals surface area contributed by atoms with Crippen molar-refractivity contribution in [3.63, 3.8) is 0 Å². The molecule has 0 amide bonds. The summed E-state index contributed by atoms with van der Waals surface area (Å²) < 4.78 is 0. The SMILES string of the molecule is Cc1cc(C)c2c(c1)Sc1cc(Cl)cc([N+](=O)[O-])c1N2. The quantitative estimate of drug-likeness (QED) is 0.503. The van der Waals surface area contributed by atoms with E-state index in [1.165, 1.54) is 17.8 Å². The van der Waals surface area contributed by atoms with Crippen molar-refractivity contribution < 1.29 is 4.92 Å². The van der Waals surface area contributed by atoms with E-state index in [2.05, 4.69) is 17.4 Å². The number of hydrogen-bond acceptors (Lipinski definition) is 4. The molecule has 102 valence electrons. The van der Waals surface area contributed by atoms with Crippen molar-refractivity contribution in [2.75, 3.05) is 5.32 Å². The highest BCUT2D eigenvalue weighted by atomic mass is 35.5. The van der Waals surface area contributed by atoms with E-state index in [9.17, 15) is 10.1 Å². The van der Waals surface area contributed by atoms with E-state index >= 15 is 0 Å². The maximum atomic E-state index is 11.2. The Morgan fingerprint density at radius 1 is 1.15 bits per heavy atom. The zero-order chi connectivity index (χ0) is 14.4. The molecule has 0 saturated carbocycles. The highest BCUT2D eigenvalue weighted by molar-refractivity contribution is 7.99. The third-order valence-corrected chi connectivity index (χ3v) is 4.46. The van der Waals surface area contributed by atoms with Gasteiger partial charge in [-0.25, -0.2) is 0 Å². The van der Waals surface area contributed by atoms with Gasteiger partial charge in [-0.05, 0) is 37.1 Å². The Bertz CT molecular complexity index is 746. The topological polar surface area (TPSA) is 55.2 Å². The van der Waals surface area contributed by atoms with Gasteiger partial charge in [0.2, 0.25) is 0 Å². The molecule has 0 aromatic heterocycles. The van der Waals surface area contributed by atoms with Crippen LogP contribution in [0.1, 0.15) is 11.1 Å². The van der Waals surface area contributed by atoms with Crippen LogP contribution in [0.4, 0.5) is 17.1 Å². The number of anilines is 2. The van der Waals surface area contributed by atoms with Gasteiger partial charge in [-0.3, -0.25) is 10.1 Å². The molecule has 2 aromatic rings. The predicted molar refractivity (Wildman–Crippen MR) is 81.4 cm³/mol. The molecule has 0 spiro atoms. The van der Waals surface area contributed by atoms with Gasteiger partial charge in [-0.1, -0.05) is 29.4 Å².